The Labute approximate surface area is 161 Å². The van der Waals surface area contributed by atoms with Gasteiger partial charge >= 0.3 is 5.97 Å². The smallest absolute Gasteiger partial charge is 0.303 e. The maximum atomic E-state index is 12.8. The second-order valence-electron chi connectivity index (χ2n) is 6.10. The number of hydrogen-bond acceptors (Lipinski definition) is 5. The van der Waals surface area contributed by atoms with Gasteiger partial charge in [-0.2, -0.15) is 0 Å². The molecule has 0 aliphatic rings. The summed E-state index contributed by atoms with van der Waals surface area (Å²) in [6.07, 6.45) is 2.07. The summed E-state index contributed by atoms with van der Waals surface area (Å²) >= 11 is 1.52. The summed E-state index contributed by atoms with van der Waals surface area (Å²) in [7, 11) is 0. The number of benzene rings is 1. The number of rotatable bonds is 9. The highest BCUT2D eigenvalue weighted by molar-refractivity contribution is 7.13. The van der Waals surface area contributed by atoms with Crippen molar-refractivity contribution < 1.29 is 19.1 Å². The number of aliphatic carboxylic acids is 1. The van der Waals surface area contributed by atoms with Crippen LogP contribution < -0.4 is 0 Å². The summed E-state index contributed by atoms with van der Waals surface area (Å²) in [5.74, 6) is -0.456. The molecule has 0 saturated carbocycles. The van der Waals surface area contributed by atoms with Crippen molar-refractivity contribution in [2.24, 2.45) is 0 Å². The van der Waals surface area contributed by atoms with Crippen molar-refractivity contribution in [2.75, 3.05) is 6.54 Å². The van der Waals surface area contributed by atoms with Crippen molar-refractivity contribution >= 4 is 23.2 Å². The molecule has 0 fully saturated rings. The average Bonchev–Trinajstić information content (AvgIpc) is 3.33. The van der Waals surface area contributed by atoms with E-state index in [2.05, 4.69) is 4.98 Å². The highest BCUT2D eigenvalue weighted by Crippen LogP contribution is 2.24. The predicted octanol–water partition coefficient (Wildman–Crippen LogP) is 3.84. The summed E-state index contributed by atoms with van der Waals surface area (Å²) < 4.78 is 5.47. The largest absolute Gasteiger partial charge is 0.481 e. The molecule has 6 nitrogen and oxygen atoms in total. The Morgan fingerprint density at radius 1 is 1.15 bits per heavy atom. The van der Waals surface area contributed by atoms with Crippen LogP contribution in [0.4, 0.5) is 0 Å². The average molecular weight is 384 g/mol. The fourth-order valence-corrected chi connectivity index (χ4v) is 3.34. The van der Waals surface area contributed by atoms with Crippen LogP contribution in [0, 0.1) is 0 Å². The van der Waals surface area contributed by atoms with Crippen LogP contribution in [0.25, 0.3) is 10.8 Å². The van der Waals surface area contributed by atoms with Gasteiger partial charge in [-0.1, -0.05) is 36.4 Å². The normalized spacial score (nSPS) is 10.7. The zero-order chi connectivity index (χ0) is 19.1. The molecule has 1 aromatic carbocycles. The molecule has 27 heavy (non-hydrogen) atoms. The van der Waals surface area contributed by atoms with E-state index in [9.17, 15) is 9.59 Å². The van der Waals surface area contributed by atoms with Gasteiger partial charge in [0.1, 0.15) is 6.26 Å². The lowest BCUT2D eigenvalue weighted by Crippen LogP contribution is -2.33. The third kappa shape index (κ3) is 5.52. The van der Waals surface area contributed by atoms with Gasteiger partial charge in [-0.15, -0.1) is 11.3 Å². The van der Waals surface area contributed by atoms with Gasteiger partial charge < -0.3 is 14.4 Å². The van der Waals surface area contributed by atoms with E-state index < -0.39 is 5.97 Å². The molecule has 0 spiro atoms. The maximum absolute atomic E-state index is 12.8. The third-order valence-corrected chi connectivity index (χ3v) is 4.86. The van der Waals surface area contributed by atoms with Crippen LogP contribution in [-0.2, 0) is 22.6 Å². The first kappa shape index (κ1) is 18.8. The molecule has 0 saturated heterocycles. The standard InChI is InChI=1S/C20H20N2O4S/c23-18(12-16-14-26-20(21-16)17-8-5-11-27-17)22(10-4-9-19(24)25)13-15-6-2-1-3-7-15/h1-3,5-8,11,14H,4,9-10,12-13H2,(H,24,25). The number of nitrogens with zero attached hydrogens (tertiary/aromatic N) is 2. The Kier molecular flexibility index (Phi) is 6.38. The molecule has 0 unspecified atom stereocenters. The van der Waals surface area contributed by atoms with E-state index in [1.807, 2.05) is 47.8 Å². The summed E-state index contributed by atoms with van der Waals surface area (Å²) in [5, 5.41) is 10.8. The molecular formula is C20H20N2O4S. The van der Waals surface area contributed by atoms with Crippen LogP contribution in [0.15, 0.2) is 58.5 Å². The van der Waals surface area contributed by atoms with E-state index in [1.54, 1.807) is 4.90 Å². The van der Waals surface area contributed by atoms with Crippen molar-refractivity contribution in [3.05, 3.63) is 65.4 Å². The molecule has 1 N–H and O–H groups in total. The van der Waals surface area contributed by atoms with Crippen LogP contribution in [0.3, 0.4) is 0 Å². The molecule has 2 aromatic heterocycles. The van der Waals surface area contributed by atoms with Crippen molar-refractivity contribution in [1.29, 1.82) is 0 Å². The summed E-state index contributed by atoms with van der Waals surface area (Å²) in [6.45, 7) is 0.824. The molecule has 3 aromatic rings. The van der Waals surface area contributed by atoms with Crippen LogP contribution in [-0.4, -0.2) is 33.4 Å². The fraction of sp³-hybridized carbons (Fsp3) is 0.250. The van der Waals surface area contributed by atoms with Crippen molar-refractivity contribution in [2.45, 2.75) is 25.8 Å². The van der Waals surface area contributed by atoms with E-state index >= 15 is 0 Å². The van der Waals surface area contributed by atoms with Crippen LogP contribution in [0.1, 0.15) is 24.1 Å². The van der Waals surface area contributed by atoms with Gasteiger partial charge in [0.2, 0.25) is 11.8 Å². The summed E-state index contributed by atoms with van der Waals surface area (Å²) in [4.78, 5) is 30.6. The second-order valence-corrected chi connectivity index (χ2v) is 7.04. The van der Waals surface area contributed by atoms with Crippen LogP contribution in [0.5, 0.6) is 0 Å². The number of carboxylic acid groups (broad SMARTS) is 1. The fourth-order valence-electron chi connectivity index (χ4n) is 2.69. The van der Waals surface area contributed by atoms with Crippen LogP contribution >= 0.6 is 11.3 Å². The molecule has 7 heteroatoms. The monoisotopic (exact) mass is 384 g/mol. The highest BCUT2D eigenvalue weighted by Gasteiger charge is 2.18. The number of carbonyl (C=O) groups is 2. The van der Waals surface area contributed by atoms with E-state index in [1.165, 1.54) is 17.6 Å². The molecule has 0 aliphatic carbocycles. The SMILES string of the molecule is O=C(O)CCCN(Cc1ccccc1)C(=O)Cc1coc(-c2cccs2)n1. The maximum Gasteiger partial charge on any atom is 0.303 e. The summed E-state index contributed by atoms with van der Waals surface area (Å²) in [6, 6.07) is 13.5. The Balaban J connectivity index is 1.66. The zero-order valence-corrected chi connectivity index (χ0v) is 15.5. The molecule has 1 amide bonds. The minimum absolute atomic E-state index is 0.0328. The Morgan fingerprint density at radius 3 is 2.67 bits per heavy atom. The lowest BCUT2D eigenvalue weighted by molar-refractivity contribution is -0.138. The van der Waals surface area contributed by atoms with Gasteiger partial charge in [0.15, 0.2) is 0 Å². The number of aromatic nitrogens is 1. The number of carbonyl (C=O) groups excluding carboxylic acids is 1. The second kappa shape index (κ2) is 9.14. The van der Waals surface area contributed by atoms with Crippen molar-refractivity contribution in [3.8, 4) is 10.8 Å². The Morgan fingerprint density at radius 2 is 1.96 bits per heavy atom. The van der Waals surface area contributed by atoms with Gasteiger partial charge in [-0.3, -0.25) is 9.59 Å². The zero-order valence-electron chi connectivity index (χ0n) is 14.7. The van der Waals surface area contributed by atoms with Gasteiger partial charge in [0.05, 0.1) is 17.0 Å². The predicted molar refractivity (Wildman–Crippen MR) is 102 cm³/mol. The van der Waals surface area contributed by atoms with Gasteiger partial charge in [0.25, 0.3) is 0 Å². The number of oxazole rings is 1. The third-order valence-electron chi connectivity index (χ3n) is 4.00. The Hall–Kier alpha value is -2.93. The van der Waals surface area contributed by atoms with E-state index in [-0.39, 0.29) is 18.7 Å². The van der Waals surface area contributed by atoms with Gasteiger partial charge in [-0.05, 0) is 23.4 Å². The first-order chi connectivity index (χ1) is 13.1. The molecule has 2 heterocycles. The lowest BCUT2D eigenvalue weighted by atomic mass is 10.2. The molecular weight excluding hydrogens is 364 g/mol. The molecule has 0 aliphatic heterocycles. The van der Waals surface area contributed by atoms with Crippen LogP contribution in [0.2, 0.25) is 0 Å². The molecule has 140 valence electrons. The van der Waals surface area contributed by atoms with E-state index in [4.69, 9.17) is 9.52 Å². The number of hydrogen-bond donors (Lipinski definition) is 1. The summed E-state index contributed by atoms with van der Waals surface area (Å²) in [5.41, 5.74) is 1.57. The van der Waals surface area contributed by atoms with Gasteiger partial charge in [-0.25, -0.2) is 4.98 Å². The Bertz CT molecular complexity index is 875. The lowest BCUT2D eigenvalue weighted by Gasteiger charge is -2.22. The van der Waals surface area contributed by atoms with E-state index in [0.29, 0.717) is 31.1 Å². The van der Waals surface area contributed by atoms with Crippen molar-refractivity contribution in [1.82, 2.24) is 9.88 Å². The molecule has 0 bridgehead atoms. The highest BCUT2D eigenvalue weighted by atomic mass is 32.1. The number of amides is 1. The van der Waals surface area contributed by atoms with Gasteiger partial charge in [0, 0.05) is 19.5 Å². The molecule has 0 radical (unpaired) electrons. The first-order valence-electron chi connectivity index (χ1n) is 8.63. The number of thiophene rings is 1. The topological polar surface area (TPSA) is 83.6 Å². The molecule has 3 rings (SSSR count). The minimum atomic E-state index is -0.862. The van der Waals surface area contributed by atoms with E-state index in [0.717, 1.165) is 10.4 Å². The quantitative estimate of drug-likeness (QED) is 0.606. The first-order valence-corrected chi connectivity index (χ1v) is 9.51. The number of carboxylic acids is 1. The molecule has 0 atom stereocenters. The van der Waals surface area contributed by atoms with Crippen molar-refractivity contribution in [3.63, 3.8) is 0 Å². The minimum Gasteiger partial charge on any atom is -0.481 e.